The van der Waals surface area contributed by atoms with Crippen LogP contribution in [0.15, 0.2) is 52.5 Å². The van der Waals surface area contributed by atoms with Crippen LogP contribution in [-0.4, -0.2) is 38.6 Å². The van der Waals surface area contributed by atoms with Gasteiger partial charge in [-0.05, 0) is 43.2 Å². The van der Waals surface area contributed by atoms with Crippen LogP contribution in [0.5, 0.6) is 0 Å². The Morgan fingerprint density at radius 2 is 1.83 bits per heavy atom. The summed E-state index contributed by atoms with van der Waals surface area (Å²) in [7, 11) is -3.94. The highest BCUT2D eigenvalue weighted by Crippen LogP contribution is 2.27. The maximum absolute atomic E-state index is 12.4. The summed E-state index contributed by atoms with van der Waals surface area (Å²) in [6, 6.07) is 10.1. The van der Waals surface area contributed by atoms with Gasteiger partial charge in [-0.25, -0.2) is 4.83 Å². The fraction of sp³-hybridized carbons (Fsp3) is 0.263. The minimum atomic E-state index is -3.94. The van der Waals surface area contributed by atoms with Crippen molar-refractivity contribution in [1.82, 2.24) is 4.83 Å². The number of non-ortho nitro benzene ring substituents is 1. The Hall–Kier alpha value is -3.47. The van der Waals surface area contributed by atoms with Crippen molar-refractivity contribution in [3.8, 4) is 0 Å². The summed E-state index contributed by atoms with van der Waals surface area (Å²) in [4.78, 5) is 25.8. The number of anilines is 2. The Morgan fingerprint density at radius 3 is 2.43 bits per heavy atom. The minimum Gasteiger partial charge on any atom is -0.371 e. The Morgan fingerprint density at radius 1 is 1.17 bits per heavy atom. The van der Waals surface area contributed by atoms with Gasteiger partial charge >= 0.3 is 0 Å². The van der Waals surface area contributed by atoms with Gasteiger partial charge in [-0.15, -0.1) is 0 Å². The molecule has 1 aliphatic rings. The number of hydrazone groups is 1. The lowest BCUT2D eigenvalue weighted by atomic mass is 10.1. The number of rotatable bonds is 7. The first-order chi connectivity index (χ1) is 14.3. The van der Waals surface area contributed by atoms with E-state index in [1.165, 1.54) is 49.5 Å². The molecule has 3 rings (SSSR count). The first-order valence-electron chi connectivity index (χ1n) is 9.22. The van der Waals surface area contributed by atoms with E-state index in [4.69, 9.17) is 0 Å². The SMILES string of the molecule is CC(=O)Nc1ccc(S(=O)(=O)NN=Cc2cc([N+](=O)[O-])ccc2N2CCCC2)cc1. The quantitative estimate of drug-likeness (QED) is 0.393. The largest absolute Gasteiger partial charge is 0.371 e. The van der Waals surface area contributed by atoms with Crippen LogP contribution in [0.2, 0.25) is 0 Å². The Kier molecular flexibility index (Phi) is 6.31. The molecule has 2 N–H and O–H groups in total. The van der Waals surface area contributed by atoms with E-state index >= 15 is 0 Å². The molecule has 1 fully saturated rings. The standard InChI is InChI=1S/C19H21N5O5S/c1-14(25)21-16-4-7-18(8-5-16)30(28,29)22-20-13-15-12-17(24(26)27)6-9-19(15)23-10-2-3-11-23/h4-9,12-13,22H,2-3,10-11H2,1H3,(H,21,25). The van der Waals surface area contributed by atoms with Crippen LogP contribution >= 0.6 is 0 Å². The second kappa shape index (κ2) is 8.91. The van der Waals surface area contributed by atoms with Crippen LogP contribution in [0.4, 0.5) is 17.1 Å². The number of nitro benzene ring substituents is 1. The highest BCUT2D eigenvalue weighted by atomic mass is 32.2. The summed E-state index contributed by atoms with van der Waals surface area (Å²) >= 11 is 0. The zero-order valence-electron chi connectivity index (χ0n) is 16.2. The van der Waals surface area contributed by atoms with Gasteiger partial charge in [0.2, 0.25) is 5.91 Å². The summed E-state index contributed by atoms with van der Waals surface area (Å²) in [5.41, 5.74) is 1.59. The lowest BCUT2D eigenvalue weighted by molar-refractivity contribution is -0.384. The molecule has 2 aromatic carbocycles. The molecule has 0 aliphatic carbocycles. The smallest absolute Gasteiger partial charge is 0.276 e. The average Bonchev–Trinajstić information content (AvgIpc) is 3.22. The highest BCUT2D eigenvalue weighted by molar-refractivity contribution is 7.89. The number of benzene rings is 2. The van der Waals surface area contributed by atoms with Crippen LogP contribution in [0.3, 0.4) is 0 Å². The van der Waals surface area contributed by atoms with Crippen molar-refractivity contribution in [1.29, 1.82) is 0 Å². The molecule has 2 aromatic rings. The Labute approximate surface area is 173 Å². The monoisotopic (exact) mass is 431 g/mol. The molecular weight excluding hydrogens is 410 g/mol. The van der Waals surface area contributed by atoms with Crippen molar-refractivity contribution in [3.05, 3.63) is 58.1 Å². The summed E-state index contributed by atoms with van der Waals surface area (Å²) in [6.45, 7) is 3.00. The second-order valence-electron chi connectivity index (χ2n) is 6.75. The third kappa shape index (κ3) is 5.11. The molecule has 10 nitrogen and oxygen atoms in total. The lowest BCUT2D eigenvalue weighted by Gasteiger charge is -2.19. The maximum Gasteiger partial charge on any atom is 0.276 e. The van der Waals surface area contributed by atoms with Gasteiger partial charge in [0, 0.05) is 49.1 Å². The molecular formula is C19H21N5O5S. The van der Waals surface area contributed by atoms with E-state index in [1.54, 1.807) is 6.07 Å². The number of hydrogen-bond acceptors (Lipinski definition) is 7. The highest BCUT2D eigenvalue weighted by Gasteiger charge is 2.18. The van der Waals surface area contributed by atoms with Gasteiger partial charge in [0.25, 0.3) is 15.7 Å². The van der Waals surface area contributed by atoms with Crippen molar-refractivity contribution in [2.24, 2.45) is 5.10 Å². The fourth-order valence-corrected chi connectivity index (χ4v) is 3.93. The molecule has 11 heteroatoms. The van der Waals surface area contributed by atoms with Gasteiger partial charge in [0.15, 0.2) is 0 Å². The number of nitrogens with one attached hydrogen (secondary N) is 2. The zero-order chi connectivity index (χ0) is 21.7. The number of amides is 1. The third-order valence-electron chi connectivity index (χ3n) is 4.53. The van der Waals surface area contributed by atoms with Crippen LogP contribution in [0.25, 0.3) is 0 Å². The van der Waals surface area contributed by atoms with E-state index in [9.17, 15) is 23.3 Å². The van der Waals surface area contributed by atoms with E-state index in [1.807, 2.05) is 0 Å². The first kappa shape index (κ1) is 21.2. The van der Waals surface area contributed by atoms with Crippen LogP contribution < -0.4 is 15.0 Å². The second-order valence-corrected chi connectivity index (χ2v) is 8.41. The van der Waals surface area contributed by atoms with Crippen molar-refractivity contribution in [2.45, 2.75) is 24.7 Å². The Balaban J connectivity index is 1.80. The van der Waals surface area contributed by atoms with Gasteiger partial charge in [-0.1, -0.05) is 0 Å². The molecule has 0 atom stereocenters. The van der Waals surface area contributed by atoms with E-state index < -0.39 is 14.9 Å². The summed E-state index contributed by atoms with van der Waals surface area (Å²) in [5, 5.41) is 17.5. The van der Waals surface area contributed by atoms with Crippen molar-refractivity contribution in [3.63, 3.8) is 0 Å². The van der Waals surface area contributed by atoms with Crippen LogP contribution in [-0.2, 0) is 14.8 Å². The lowest BCUT2D eigenvalue weighted by Crippen LogP contribution is -2.20. The number of nitrogens with zero attached hydrogens (tertiary/aromatic N) is 3. The van der Waals surface area contributed by atoms with E-state index in [0.717, 1.165) is 31.6 Å². The van der Waals surface area contributed by atoms with E-state index in [2.05, 4.69) is 20.1 Å². The van der Waals surface area contributed by atoms with E-state index in [-0.39, 0.29) is 16.5 Å². The molecule has 1 heterocycles. The number of nitro groups is 1. The van der Waals surface area contributed by atoms with Crippen molar-refractivity contribution in [2.75, 3.05) is 23.3 Å². The van der Waals surface area contributed by atoms with E-state index in [0.29, 0.717) is 11.3 Å². The maximum atomic E-state index is 12.4. The number of carbonyl (C=O) groups excluding carboxylic acids is 1. The van der Waals surface area contributed by atoms with Crippen molar-refractivity contribution >= 4 is 39.2 Å². The number of carbonyl (C=O) groups is 1. The predicted molar refractivity (Wildman–Crippen MR) is 113 cm³/mol. The van der Waals surface area contributed by atoms with Gasteiger partial charge in [0.05, 0.1) is 16.0 Å². The molecule has 0 unspecified atom stereocenters. The van der Waals surface area contributed by atoms with Gasteiger partial charge < -0.3 is 10.2 Å². The normalized spacial score (nSPS) is 14.1. The molecule has 1 aliphatic heterocycles. The minimum absolute atomic E-state index is 0.0347. The summed E-state index contributed by atoms with van der Waals surface area (Å²) < 4.78 is 24.9. The average molecular weight is 431 g/mol. The molecule has 0 spiro atoms. The van der Waals surface area contributed by atoms with Gasteiger partial charge in [-0.2, -0.15) is 13.5 Å². The Bertz CT molecular complexity index is 1080. The summed E-state index contributed by atoms with van der Waals surface area (Å²) in [6.07, 6.45) is 3.31. The molecule has 0 saturated carbocycles. The molecule has 30 heavy (non-hydrogen) atoms. The van der Waals surface area contributed by atoms with Crippen LogP contribution in [0, 0.1) is 10.1 Å². The number of hydrogen-bond donors (Lipinski definition) is 2. The van der Waals surface area contributed by atoms with Crippen molar-refractivity contribution < 1.29 is 18.1 Å². The molecule has 1 saturated heterocycles. The molecule has 1 amide bonds. The third-order valence-corrected chi connectivity index (χ3v) is 5.77. The molecule has 158 valence electrons. The van der Waals surface area contributed by atoms with Gasteiger partial charge in [-0.3, -0.25) is 14.9 Å². The topological polar surface area (TPSA) is 134 Å². The van der Waals surface area contributed by atoms with Crippen LogP contribution in [0.1, 0.15) is 25.3 Å². The molecule has 0 radical (unpaired) electrons. The molecule has 0 bridgehead atoms. The predicted octanol–water partition coefficient (Wildman–Crippen LogP) is 2.47. The zero-order valence-corrected chi connectivity index (χ0v) is 17.1. The fourth-order valence-electron chi connectivity index (χ4n) is 3.14. The first-order valence-corrected chi connectivity index (χ1v) is 10.7. The summed E-state index contributed by atoms with van der Waals surface area (Å²) in [5.74, 6) is -0.265. The molecule has 0 aromatic heterocycles. The number of sulfonamides is 1. The van der Waals surface area contributed by atoms with Gasteiger partial charge in [0.1, 0.15) is 0 Å².